The van der Waals surface area contributed by atoms with Crippen molar-refractivity contribution < 1.29 is 9.13 Å². The van der Waals surface area contributed by atoms with Gasteiger partial charge < -0.3 is 10.5 Å². The largest absolute Gasteiger partial charge is 0.496 e. The van der Waals surface area contributed by atoms with Crippen molar-refractivity contribution in [1.29, 1.82) is 0 Å². The summed E-state index contributed by atoms with van der Waals surface area (Å²) in [6, 6.07) is 4.05. The molecule has 0 aliphatic heterocycles. The standard InChI is InChI=1S/C8H9ClFNO/c1-12-7-3-2-5(10)4-6(7)8(9)11/h2-4,8H,11H2,1H3. The maximum Gasteiger partial charge on any atom is 0.125 e. The molecule has 1 aromatic rings. The number of rotatable bonds is 2. The molecule has 0 aromatic heterocycles. The van der Waals surface area contributed by atoms with Crippen molar-refractivity contribution in [3.63, 3.8) is 0 Å². The van der Waals surface area contributed by atoms with E-state index in [9.17, 15) is 4.39 Å². The second-order valence-electron chi connectivity index (χ2n) is 2.29. The lowest BCUT2D eigenvalue weighted by molar-refractivity contribution is 0.408. The Labute approximate surface area is 75.1 Å². The molecule has 0 aliphatic carbocycles. The summed E-state index contributed by atoms with van der Waals surface area (Å²) < 4.78 is 17.6. The Morgan fingerprint density at radius 3 is 2.75 bits per heavy atom. The molecule has 12 heavy (non-hydrogen) atoms. The normalized spacial score (nSPS) is 12.7. The van der Waals surface area contributed by atoms with E-state index in [0.29, 0.717) is 11.3 Å². The molecule has 2 nitrogen and oxygen atoms in total. The second-order valence-corrected chi connectivity index (χ2v) is 2.76. The van der Waals surface area contributed by atoms with E-state index in [1.165, 1.54) is 25.3 Å². The van der Waals surface area contributed by atoms with Gasteiger partial charge in [0.15, 0.2) is 0 Å². The molecule has 0 spiro atoms. The summed E-state index contributed by atoms with van der Waals surface area (Å²) in [4.78, 5) is 0. The number of methoxy groups -OCH3 is 1. The van der Waals surface area contributed by atoms with Gasteiger partial charge in [-0.15, -0.1) is 11.6 Å². The monoisotopic (exact) mass is 189 g/mol. The molecular weight excluding hydrogens is 181 g/mol. The van der Waals surface area contributed by atoms with Gasteiger partial charge in [-0.3, -0.25) is 0 Å². The fourth-order valence-electron chi connectivity index (χ4n) is 0.921. The third-order valence-electron chi connectivity index (χ3n) is 1.49. The van der Waals surface area contributed by atoms with Gasteiger partial charge in [0.2, 0.25) is 0 Å². The number of hydrogen-bond acceptors (Lipinski definition) is 2. The van der Waals surface area contributed by atoms with Crippen LogP contribution in [-0.2, 0) is 0 Å². The Kier molecular flexibility index (Phi) is 2.89. The van der Waals surface area contributed by atoms with Crippen LogP contribution in [-0.4, -0.2) is 7.11 Å². The van der Waals surface area contributed by atoms with Gasteiger partial charge in [0, 0.05) is 5.56 Å². The quantitative estimate of drug-likeness (QED) is 0.571. The van der Waals surface area contributed by atoms with Gasteiger partial charge in [-0.05, 0) is 18.2 Å². The fourth-order valence-corrected chi connectivity index (χ4v) is 1.09. The highest BCUT2D eigenvalue weighted by atomic mass is 35.5. The van der Waals surface area contributed by atoms with E-state index in [2.05, 4.69) is 0 Å². The number of benzene rings is 1. The lowest BCUT2D eigenvalue weighted by Gasteiger charge is -2.09. The van der Waals surface area contributed by atoms with E-state index in [1.807, 2.05) is 0 Å². The molecule has 0 amide bonds. The van der Waals surface area contributed by atoms with E-state index in [-0.39, 0.29) is 5.82 Å². The van der Waals surface area contributed by atoms with Crippen molar-refractivity contribution in [3.05, 3.63) is 29.6 Å². The minimum Gasteiger partial charge on any atom is -0.496 e. The number of alkyl halides is 1. The van der Waals surface area contributed by atoms with E-state index >= 15 is 0 Å². The highest BCUT2D eigenvalue weighted by Gasteiger charge is 2.09. The molecule has 0 saturated heterocycles. The SMILES string of the molecule is COc1ccc(F)cc1C(N)Cl. The number of hydrogen-bond donors (Lipinski definition) is 1. The first kappa shape index (κ1) is 9.29. The lowest BCUT2D eigenvalue weighted by atomic mass is 10.2. The first-order valence-electron chi connectivity index (χ1n) is 3.38. The van der Waals surface area contributed by atoms with Gasteiger partial charge in [0.1, 0.15) is 17.1 Å². The van der Waals surface area contributed by atoms with Crippen molar-refractivity contribution in [2.45, 2.75) is 5.50 Å². The van der Waals surface area contributed by atoms with E-state index in [1.54, 1.807) is 0 Å². The summed E-state index contributed by atoms with van der Waals surface area (Å²) >= 11 is 5.59. The van der Waals surface area contributed by atoms with Gasteiger partial charge in [-0.1, -0.05) is 0 Å². The van der Waals surface area contributed by atoms with Crippen molar-refractivity contribution in [1.82, 2.24) is 0 Å². The van der Waals surface area contributed by atoms with Crippen molar-refractivity contribution in [2.75, 3.05) is 7.11 Å². The van der Waals surface area contributed by atoms with Crippen LogP contribution in [0.4, 0.5) is 4.39 Å². The Morgan fingerprint density at radius 2 is 2.25 bits per heavy atom. The van der Waals surface area contributed by atoms with Crippen molar-refractivity contribution in [3.8, 4) is 5.75 Å². The maximum absolute atomic E-state index is 12.7. The molecule has 66 valence electrons. The molecular formula is C8H9ClFNO. The first-order valence-corrected chi connectivity index (χ1v) is 3.82. The van der Waals surface area contributed by atoms with Gasteiger partial charge in [0.25, 0.3) is 0 Å². The van der Waals surface area contributed by atoms with Crippen LogP contribution in [0.3, 0.4) is 0 Å². The molecule has 0 heterocycles. The average Bonchev–Trinajstić information content (AvgIpc) is 2.04. The molecule has 0 fully saturated rings. The number of nitrogens with two attached hydrogens (primary N) is 1. The van der Waals surface area contributed by atoms with Gasteiger partial charge in [-0.2, -0.15) is 0 Å². The molecule has 0 saturated carbocycles. The molecule has 0 radical (unpaired) electrons. The minimum atomic E-state index is -0.740. The summed E-state index contributed by atoms with van der Waals surface area (Å²) in [6.45, 7) is 0. The molecule has 2 N–H and O–H groups in total. The smallest absolute Gasteiger partial charge is 0.125 e. The predicted molar refractivity (Wildman–Crippen MR) is 45.7 cm³/mol. The summed E-state index contributed by atoms with van der Waals surface area (Å²) in [7, 11) is 1.48. The summed E-state index contributed by atoms with van der Waals surface area (Å²) in [5.41, 5.74) is 5.10. The zero-order chi connectivity index (χ0) is 9.14. The summed E-state index contributed by atoms with van der Waals surface area (Å²) in [5.74, 6) is 0.126. The zero-order valence-electron chi connectivity index (χ0n) is 6.55. The average molecular weight is 190 g/mol. The molecule has 4 heteroatoms. The van der Waals surface area contributed by atoms with E-state index < -0.39 is 5.50 Å². The second kappa shape index (κ2) is 3.74. The van der Waals surface area contributed by atoms with Gasteiger partial charge in [0.05, 0.1) is 7.11 Å². The molecule has 1 aromatic carbocycles. The van der Waals surface area contributed by atoms with Crippen LogP contribution in [0.5, 0.6) is 5.75 Å². The van der Waals surface area contributed by atoms with Gasteiger partial charge >= 0.3 is 0 Å². The third kappa shape index (κ3) is 1.87. The number of halogens is 2. The Bertz CT molecular complexity index is 278. The highest BCUT2D eigenvalue weighted by Crippen LogP contribution is 2.26. The van der Waals surface area contributed by atoms with Crippen molar-refractivity contribution in [2.24, 2.45) is 5.73 Å². The molecule has 1 rings (SSSR count). The summed E-state index contributed by atoms with van der Waals surface area (Å²) in [5, 5.41) is 0. The third-order valence-corrected chi connectivity index (χ3v) is 1.72. The van der Waals surface area contributed by atoms with E-state index in [4.69, 9.17) is 22.1 Å². The maximum atomic E-state index is 12.7. The van der Waals surface area contributed by atoms with Crippen LogP contribution in [0.15, 0.2) is 18.2 Å². The van der Waals surface area contributed by atoms with Crippen molar-refractivity contribution >= 4 is 11.6 Å². The predicted octanol–water partition coefficient (Wildman–Crippen LogP) is 2.03. The minimum absolute atomic E-state index is 0.373. The Hall–Kier alpha value is -0.800. The van der Waals surface area contributed by atoms with E-state index in [0.717, 1.165) is 0 Å². The highest BCUT2D eigenvalue weighted by molar-refractivity contribution is 6.20. The molecule has 1 unspecified atom stereocenters. The number of ether oxygens (including phenoxy) is 1. The Balaban J connectivity index is 3.12. The van der Waals surface area contributed by atoms with Crippen LogP contribution in [0.25, 0.3) is 0 Å². The Morgan fingerprint density at radius 1 is 1.58 bits per heavy atom. The van der Waals surface area contributed by atoms with Crippen LogP contribution in [0, 0.1) is 5.82 Å². The lowest BCUT2D eigenvalue weighted by Crippen LogP contribution is -2.04. The zero-order valence-corrected chi connectivity index (χ0v) is 7.31. The topological polar surface area (TPSA) is 35.2 Å². The van der Waals surface area contributed by atoms with Crippen LogP contribution in [0.1, 0.15) is 11.1 Å². The van der Waals surface area contributed by atoms with Gasteiger partial charge in [-0.25, -0.2) is 4.39 Å². The molecule has 0 aliphatic rings. The summed E-state index contributed by atoms with van der Waals surface area (Å²) in [6.07, 6.45) is 0. The van der Waals surface area contributed by atoms with Crippen LogP contribution >= 0.6 is 11.6 Å². The molecule has 1 atom stereocenters. The van der Waals surface area contributed by atoms with Crippen LogP contribution < -0.4 is 10.5 Å². The first-order chi connectivity index (χ1) is 5.65. The van der Waals surface area contributed by atoms with Crippen LogP contribution in [0.2, 0.25) is 0 Å². The fraction of sp³-hybridized carbons (Fsp3) is 0.250. The molecule has 0 bridgehead atoms.